The van der Waals surface area contributed by atoms with Crippen molar-refractivity contribution in [2.75, 3.05) is 6.54 Å². The third-order valence-electron chi connectivity index (χ3n) is 2.75. The largest absolute Gasteiger partial charge is 0.472 e. The van der Waals surface area contributed by atoms with E-state index in [1.807, 2.05) is 24.3 Å². The van der Waals surface area contributed by atoms with E-state index in [9.17, 15) is 0 Å². The molecule has 1 atom stereocenters. The molecule has 2 aromatic rings. The lowest BCUT2D eigenvalue weighted by Gasteiger charge is -2.18. The van der Waals surface area contributed by atoms with Gasteiger partial charge in [0.25, 0.3) is 0 Å². The summed E-state index contributed by atoms with van der Waals surface area (Å²) in [7, 11) is 0. The first-order chi connectivity index (χ1) is 8.31. The second kappa shape index (κ2) is 5.89. The van der Waals surface area contributed by atoms with Crippen LogP contribution in [0.15, 0.2) is 47.3 Å². The Morgan fingerprint density at radius 3 is 2.76 bits per heavy atom. The summed E-state index contributed by atoms with van der Waals surface area (Å²) in [5, 5.41) is 4.26. The van der Waals surface area contributed by atoms with Crippen LogP contribution in [0.2, 0.25) is 5.02 Å². The Hall–Kier alpha value is -1.25. The van der Waals surface area contributed by atoms with Crippen LogP contribution in [0.4, 0.5) is 0 Å². The first-order valence-electron chi connectivity index (χ1n) is 5.80. The van der Waals surface area contributed by atoms with Crippen LogP contribution in [0.25, 0.3) is 0 Å². The zero-order chi connectivity index (χ0) is 12.1. The van der Waals surface area contributed by atoms with Crippen molar-refractivity contribution in [3.8, 4) is 0 Å². The fourth-order valence-corrected chi connectivity index (χ4v) is 2.21. The number of rotatable bonds is 5. The molecule has 90 valence electrons. The second-order valence-electron chi connectivity index (χ2n) is 3.97. The number of furan rings is 1. The SMILES string of the molecule is CCNC(Cc1ccoc1)c1ccccc1Cl. The molecule has 0 spiro atoms. The molecular formula is C14H16ClNO. The van der Waals surface area contributed by atoms with Crippen molar-refractivity contribution < 1.29 is 4.42 Å². The highest BCUT2D eigenvalue weighted by atomic mass is 35.5. The van der Waals surface area contributed by atoms with Gasteiger partial charge in [-0.05, 0) is 36.2 Å². The normalized spacial score (nSPS) is 12.6. The zero-order valence-electron chi connectivity index (χ0n) is 9.82. The van der Waals surface area contributed by atoms with E-state index in [1.165, 1.54) is 5.56 Å². The number of benzene rings is 1. The Kier molecular flexibility index (Phi) is 4.24. The molecule has 3 heteroatoms. The lowest BCUT2D eigenvalue weighted by atomic mass is 10.0. The molecule has 1 unspecified atom stereocenters. The molecule has 1 N–H and O–H groups in total. The first kappa shape index (κ1) is 12.2. The Morgan fingerprint density at radius 2 is 2.12 bits per heavy atom. The molecule has 2 rings (SSSR count). The molecule has 0 bridgehead atoms. The van der Waals surface area contributed by atoms with Crippen LogP contribution in [0.3, 0.4) is 0 Å². The highest BCUT2D eigenvalue weighted by Crippen LogP contribution is 2.25. The van der Waals surface area contributed by atoms with Gasteiger partial charge in [0.15, 0.2) is 0 Å². The van der Waals surface area contributed by atoms with E-state index in [2.05, 4.69) is 18.3 Å². The number of hydrogen-bond donors (Lipinski definition) is 1. The van der Waals surface area contributed by atoms with E-state index in [0.717, 1.165) is 23.6 Å². The fraction of sp³-hybridized carbons (Fsp3) is 0.286. The highest BCUT2D eigenvalue weighted by Gasteiger charge is 2.14. The van der Waals surface area contributed by atoms with Gasteiger partial charge in [-0.15, -0.1) is 0 Å². The summed E-state index contributed by atoms with van der Waals surface area (Å²) in [4.78, 5) is 0. The van der Waals surface area contributed by atoms with Gasteiger partial charge in [0.2, 0.25) is 0 Å². The summed E-state index contributed by atoms with van der Waals surface area (Å²) in [6.07, 6.45) is 4.36. The van der Waals surface area contributed by atoms with E-state index in [0.29, 0.717) is 0 Å². The van der Waals surface area contributed by atoms with Gasteiger partial charge in [-0.2, -0.15) is 0 Å². The standard InChI is InChI=1S/C14H16ClNO/c1-2-16-14(9-11-7-8-17-10-11)12-5-3-4-6-13(12)15/h3-8,10,14,16H,2,9H2,1H3. The molecular weight excluding hydrogens is 234 g/mol. The van der Waals surface area contributed by atoms with Crippen molar-refractivity contribution in [2.45, 2.75) is 19.4 Å². The van der Waals surface area contributed by atoms with Crippen LogP contribution in [0.1, 0.15) is 24.1 Å². The van der Waals surface area contributed by atoms with Crippen LogP contribution in [-0.4, -0.2) is 6.54 Å². The molecule has 1 heterocycles. The van der Waals surface area contributed by atoms with Crippen LogP contribution >= 0.6 is 11.6 Å². The minimum Gasteiger partial charge on any atom is -0.472 e. The molecule has 0 aliphatic heterocycles. The quantitative estimate of drug-likeness (QED) is 0.871. The van der Waals surface area contributed by atoms with E-state index < -0.39 is 0 Å². The number of nitrogens with one attached hydrogen (secondary N) is 1. The molecule has 1 aromatic heterocycles. The van der Waals surface area contributed by atoms with Gasteiger partial charge in [0, 0.05) is 11.1 Å². The molecule has 0 amide bonds. The monoisotopic (exact) mass is 249 g/mol. The summed E-state index contributed by atoms with van der Waals surface area (Å²) in [5.41, 5.74) is 2.31. The number of hydrogen-bond acceptors (Lipinski definition) is 2. The second-order valence-corrected chi connectivity index (χ2v) is 4.37. The molecule has 0 aliphatic carbocycles. The summed E-state index contributed by atoms with van der Waals surface area (Å²) in [5.74, 6) is 0. The Balaban J connectivity index is 2.20. The van der Waals surface area contributed by atoms with Gasteiger partial charge in [-0.25, -0.2) is 0 Å². The van der Waals surface area contributed by atoms with Gasteiger partial charge < -0.3 is 9.73 Å². The van der Waals surface area contributed by atoms with Crippen LogP contribution in [0, 0.1) is 0 Å². The Bertz CT molecular complexity index is 453. The van der Waals surface area contributed by atoms with E-state index >= 15 is 0 Å². The summed E-state index contributed by atoms with van der Waals surface area (Å²) < 4.78 is 5.10. The highest BCUT2D eigenvalue weighted by molar-refractivity contribution is 6.31. The molecule has 0 saturated carbocycles. The lowest BCUT2D eigenvalue weighted by molar-refractivity contribution is 0.535. The van der Waals surface area contributed by atoms with Crippen molar-refractivity contribution in [3.63, 3.8) is 0 Å². The van der Waals surface area contributed by atoms with Crippen LogP contribution in [-0.2, 0) is 6.42 Å². The van der Waals surface area contributed by atoms with Gasteiger partial charge in [0.1, 0.15) is 0 Å². The smallest absolute Gasteiger partial charge is 0.0935 e. The molecule has 1 aromatic carbocycles. The van der Waals surface area contributed by atoms with Crippen LogP contribution in [0.5, 0.6) is 0 Å². The predicted molar refractivity (Wildman–Crippen MR) is 70.3 cm³/mol. The van der Waals surface area contributed by atoms with Crippen molar-refractivity contribution in [2.24, 2.45) is 0 Å². The maximum Gasteiger partial charge on any atom is 0.0935 e. The van der Waals surface area contributed by atoms with Crippen molar-refractivity contribution in [3.05, 3.63) is 59.0 Å². The van der Waals surface area contributed by atoms with Crippen molar-refractivity contribution in [1.29, 1.82) is 0 Å². The zero-order valence-corrected chi connectivity index (χ0v) is 10.6. The maximum absolute atomic E-state index is 6.23. The lowest BCUT2D eigenvalue weighted by Crippen LogP contribution is -2.23. The molecule has 0 fully saturated rings. The van der Waals surface area contributed by atoms with Crippen molar-refractivity contribution >= 4 is 11.6 Å². The average molecular weight is 250 g/mol. The number of halogens is 1. The third kappa shape index (κ3) is 3.11. The van der Waals surface area contributed by atoms with Gasteiger partial charge >= 0.3 is 0 Å². The molecule has 0 saturated heterocycles. The Labute approximate surface area is 107 Å². The summed E-state index contributed by atoms with van der Waals surface area (Å²) in [6.45, 7) is 3.01. The van der Waals surface area contributed by atoms with E-state index in [-0.39, 0.29) is 6.04 Å². The topological polar surface area (TPSA) is 25.2 Å². The molecule has 2 nitrogen and oxygen atoms in total. The van der Waals surface area contributed by atoms with Gasteiger partial charge in [0.05, 0.1) is 12.5 Å². The Morgan fingerprint density at radius 1 is 1.29 bits per heavy atom. The molecule has 0 radical (unpaired) electrons. The number of likely N-dealkylation sites (N-methyl/N-ethyl adjacent to an activating group) is 1. The fourth-order valence-electron chi connectivity index (χ4n) is 1.94. The maximum atomic E-state index is 6.23. The minimum absolute atomic E-state index is 0.228. The first-order valence-corrected chi connectivity index (χ1v) is 6.18. The van der Waals surface area contributed by atoms with Gasteiger partial charge in [-0.1, -0.05) is 36.7 Å². The van der Waals surface area contributed by atoms with Crippen LogP contribution < -0.4 is 5.32 Å². The average Bonchev–Trinajstić information content (AvgIpc) is 2.82. The van der Waals surface area contributed by atoms with E-state index in [1.54, 1.807) is 12.5 Å². The molecule has 17 heavy (non-hydrogen) atoms. The van der Waals surface area contributed by atoms with E-state index in [4.69, 9.17) is 16.0 Å². The third-order valence-corrected chi connectivity index (χ3v) is 3.10. The summed E-state index contributed by atoms with van der Waals surface area (Å²) in [6, 6.07) is 10.2. The van der Waals surface area contributed by atoms with Crippen molar-refractivity contribution in [1.82, 2.24) is 5.32 Å². The summed E-state index contributed by atoms with van der Waals surface area (Å²) >= 11 is 6.23. The molecule has 0 aliphatic rings. The minimum atomic E-state index is 0.228. The predicted octanol–water partition coefficient (Wildman–Crippen LogP) is 3.83. The van der Waals surface area contributed by atoms with Gasteiger partial charge in [-0.3, -0.25) is 0 Å².